The minimum atomic E-state index is -1.42. The van der Waals surface area contributed by atoms with Crippen LogP contribution in [-0.2, 0) is 28.5 Å². The van der Waals surface area contributed by atoms with Crippen LogP contribution in [0.3, 0.4) is 0 Å². The van der Waals surface area contributed by atoms with Crippen molar-refractivity contribution in [3.05, 3.63) is 41.0 Å². The second-order valence-electron chi connectivity index (χ2n) is 11.2. The quantitative estimate of drug-likeness (QED) is 0.462. The van der Waals surface area contributed by atoms with Gasteiger partial charge in [-0.3, -0.25) is 4.79 Å². The van der Waals surface area contributed by atoms with Gasteiger partial charge in [-0.05, 0) is 47.9 Å². The van der Waals surface area contributed by atoms with Crippen LogP contribution in [0.1, 0.15) is 35.6 Å². The molecule has 10 atom stereocenters. The molecule has 43 heavy (non-hydrogen) atoms. The molecule has 7 unspecified atom stereocenters. The normalized spacial score (nSPS) is 35.8. The number of cyclic esters (lactones) is 1. The van der Waals surface area contributed by atoms with Crippen LogP contribution in [-0.4, -0.2) is 94.5 Å². The molecule has 0 spiro atoms. The molecule has 3 saturated heterocycles. The van der Waals surface area contributed by atoms with Gasteiger partial charge in [0.05, 0.1) is 46.6 Å². The first-order valence-electron chi connectivity index (χ1n) is 14.2. The molecule has 1 aliphatic carbocycles. The summed E-state index contributed by atoms with van der Waals surface area (Å²) < 4.78 is 57.7. The monoisotopic (exact) mass is 602 g/mol. The zero-order chi connectivity index (χ0) is 30.0. The van der Waals surface area contributed by atoms with Gasteiger partial charge >= 0.3 is 5.97 Å². The fourth-order valence-corrected chi connectivity index (χ4v) is 6.92. The van der Waals surface area contributed by atoms with Crippen molar-refractivity contribution >= 4 is 5.97 Å². The number of fused-ring (bicyclic) bond motifs is 4. The summed E-state index contributed by atoms with van der Waals surface area (Å²) in [5.41, 5.74) is 2.19. The first kappa shape index (κ1) is 28.4. The highest BCUT2D eigenvalue weighted by atomic mass is 16.8. The predicted molar refractivity (Wildman–Crippen MR) is 143 cm³/mol. The highest BCUT2D eigenvalue weighted by Crippen LogP contribution is 2.57. The molecule has 2 aromatic rings. The van der Waals surface area contributed by atoms with E-state index in [1.165, 1.54) is 21.3 Å². The number of ether oxygens (including phenoxy) is 10. The Balaban J connectivity index is 1.32. The van der Waals surface area contributed by atoms with Crippen LogP contribution < -0.4 is 23.7 Å². The number of benzene rings is 2. The Morgan fingerprint density at radius 1 is 0.837 bits per heavy atom. The lowest BCUT2D eigenvalue weighted by Gasteiger charge is -2.47. The Morgan fingerprint density at radius 2 is 1.53 bits per heavy atom. The number of rotatable bonds is 6. The highest BCUT2D eigenvalue weighted by Gasteiger charge is 2.56. The van der Waals surface area contributed by atoms with Gasteiger partial charge in [-0.15, -0.1) is 0 Å². The van der Waals surface area contributed by atoms with Crippen molar-refractivity contribution in [3.63, 3.8) is 0 Å². The maximum absolute atomic E-state index is 13.5. The van der Waals surface area contributed by atoms with Gasteiger partial charge in [0.1, 0.15) is 24.4 Å². The summed E-state index contributed by atoms with van der Waals surface area (Å²) in [5.74, 6) is 0.289. The molecule has 7 rings (SSSR count). The number of hydrogen-bond donors (Lipinski definition) is 2. The molecular weight excluding hydrogens is 568 g/mol. The highest BCUT2D eigenvalue weighted by molar-refractivity contribution is 5.79. The first-order chi connectivity index (χ1) is 20.8. The van der Waals surface area contributed by atoms with Crippen LogP contribution in [0.2, 0.25) is 0 Å². The van der Waals surface area contributed by atoms with Crippen molar-refractivity contribution in [2.75, 3.05) is 41.3 Å². The van der Waals surface area contributed by atoms with Gasteiger partial charge in [0.15, 0.2) is 35.6 Å². The van der Waals surface area contributed by atoms with Crippen molar-refractivity contribution in [1.82, 2.24) is 0 Å². The van der Waals surface area contributed by atoms with E-state index in [0.717, 1.165) is 11.1 Å². The summed E-state index contributed by atoms with van der Waals surface area (Å²) in [4.78, 5) is 13.5. The number of esters is 1. The van der Waals surface area contributed by atoms with Crippen LogP contribution in [0, 0.1) is 11.8 Å². The van der Waals surface area contributed by atoms with Crippen molar-refractivity contribution in [2.24, 2.45) is 11.8 Å². The molecular formula is C30H34O13. The number of hydrogen-bond acceptors (Lipinski definition) is 13. The topological polar surface area (TPSA) is 150 Å². The summed E-state index contributed by atoms with van der Waals surface area (Å²) in [7, 11) is 4.58. The van der Waals surface area contributed by atoms with E-state index in [0.29, 0.717) is 34.3 Å². The van der Waals surface area contributed by atoms with Crippen molar-refractivity contribution in [1.29, 1.82) is 0 Å². The maximum atomic E-state index is 13.5. The van der Waals surface area contributed by atoms with E-state index in [1.807, 2.05) is 24.3 Å². The second kappa shape index (κ2) is 11.0. The number of aliphatic hydroxyl groups excluding tert-OH is 2. The summed E-state index contributed by atoms with van der Waals surface area (Å²) in [5, 5.41) is 22.0. The van der Waals surface area contributed by atoms with Gasteiger partial charge in [0.2, 0.25) is 12.5 Å². The molecule has 2 aromatic carbocycles. The summed E-state index contributed by atoms with van der Waals surface area (Å²) in [6.45, 7) is 1.99. The van der Waals surface area contributed by atoms with Crippen LogP contribution in [0.5, 0.6) is 28.7 Å². The van der Waals surface area contributed by atoms with Gasteiger partial charge in [-0.25, -0.2) is 0 Å². The van der Waals surface area contributed by atoms with Crippen LogP contribution in [0.15, 0.2) is 24.3 Å². The number of carbonyl (C=O) groups is 1. The molecule has 4 heterocycles. The van der Waals surface area contributed by atoms with Crippen molar-refractivity contribution in [3.8, 4) is 28.7 Å². The summed E-state index contributed by atoms with van der Waals surface area (Å²) in [6, 6.07) is 7.31. The Kier molecular flexibility index (Phi) is 7.27. The molecule has 0 saturated carbocycles. The third-order valence-corrected chi connectivity index (χ3v) is 8.93. The van der Waals surface area contributed by atoms with Crippen molar-refractivity contribution in [2.45, 2.75) is 55.9 Å². The van der Waals surface area contributed by atoms with E-state index in [9.17, 15) is 15.0 Å². The molecule has 5 aliphatic rings. The fraction of sp³-hybridized carbons (Fsp3) is 0.567. The van der Waals surface area contributed by atoms with Gasteiger partial charge < -0.3 is 57.6 Å². The Morgan fingerprint density at radius 3 is 2.21 bits per heavy atom. The summed E-state index contributed by atoms with van der Waals surface area (Å²) in [6.07, 6.45) is -6.70. The third kappa shape index (κ3) is 4.57. The molecule has 0 amide bonds. The molecule has 0 bridgehead atoms. The van der Waals surface area contributed by atoms with Crippen LogP contribution in [0.4, 0.5) is 0 Å². The van der Waals surface area contributed by atoms with E-state index in [2.05, 4.69) is 0 Å². The van der Waals surface area contributed by atoms with Gasteiger partial charge in [0, 0.05) is 11.8 Å². The fourth-order valence-electron chi connectivity index (χ4n) is 6.92. The molecule has 4 aliphatic heterocycles. The Bertz CT molecular complexity index is 1370. The number of carbonyl (C=O) groups excluding carboxylic acids is 1. The lowest BCUT2D eigenvalue weighted by Crippen LogP contribution is -2.63. The molecule has 2 N–H and O–H groups in total. The minimum Gasteiger partial charge on any atom is -0.493 e. The zero-order valence-electron chi connectivity index (χ0n) is 24.1. The summed E-state index contributed by atoms with van der Waals surface area (Å²) >= 11 is 0. The average Bonchev–Trinajstić information content (AvgIpc) is 3.64. The zero-order valence-corrected chi connectivity index (χ0v) is 24.1. The van der Waals surface area contributed by atoms with Gasteiger partial charge in [-0.1, -0.05) is 0 Å². The largest absolute Gasteiger partial charge is 0.493 e. The molecule has 13 heteroatoms. The molecule has 0 aromatic heterocycles. The number of aliphatic hydroxyl groups is 2. The maximum Gasteiger partial charge on any atom is 0.310 e. The van der Waals surface area contributed by atoms with E-state index in [-0.39, 0.29) is 20.0 Å². The van der Waals surface area contributed by atoms with Gasteiger partial charge in [0.25, 0.3) is 0 Å². The molecule has 232 valence electrons. The lowest BCUT2D eigenvalue weighted by atomic mass is 9.66. The van der Waals surface area contributed by atoms with Crippen LogP contribution in [0.25, 0.3) is 0 Å². The van der Waals surface area contributed by atoms with E-state index < -0.39 is 66.8 Å². The standard InChI is InChI=1S/C30H34O13/c1-12-37-10-21-28(41-12)24(31)25(32)30(42-21)43-26-15-8-18-17(39-11-40-18)7-14(15)22(23-16(26)9-38-29(23)33)13-5-19(34-2)27(36-4)20(6-13)35-3/h5-8,12,16,21-26,28,30-32H,9-11H2,1-4H3/t12?,16-,21?,22?,23-,24?,25?,26+,28?,30?/m0/s1. The van der Waals surface area contributed by atoms with E-state index in [1.54, 1.807) is 6.92 Å². The Labute approximate surface area is 247 Å². The average molecular weight is 603 g/mol. The first-order valence-corrected chi connectivity index (χ1v) is 14.2. The smallest absolute Gasteiger partial charge is 0.310 e. The van der Waals surface area contributed by atoms with Crippen molar-refractivity contribution < 1.29 is 62.4 Å². The SMILES string of the molecule is COc1cc(C2c3cc4c(cc3[C@@H](OC3OC5COC(C)OC5C(O)C3O)[C@H]3COC(=O)[C@H]23)OCO4)cc(OC)c1OC. The van der Waals surface area contributed by atoms with E-state index in [4.69, 9.17) is 47.4 Å². The van der Waals surface area contributed by atoms with Gasteiger partial charge in [-0.2, -0.15) is 0 Å². The molecule has 3 fully saturated rings. The second-order valence-corrected chi connectivity index (χ2v) is 11.2. The minimum absolute atomic E-state index is 0.0473. The lowest BCUT2D eigenvalue weighted by molar-refractivity contribution is -0.364. The molecule has 0 radical (unpaired) electrons. The van der Waals surface area contributed by atoms with E-state index >= 15 is 0 Å². The van der Waals surface area contributed by atoms with Crippen LogP contribution >= 0.6 is 0 Å². The Hall–Kier alpha value is -3.33. The third-order valence-electron chi connectivity index (χ3n) is 8.93. The molecule has 13 nitrogen and oxygen atoms in total. The number of methoxy groups -OCH3 is 3. The predicted octanol–water partition coefficient (Wildman–Crippen LogP) is 1.64.